The molecular weight excluding hydrogens is 180 g/mol. The molecule has 0 saturated heterocycles. The Morgan fingerprint density at radius 1 is 1.50 bits per heavy atom. The number of aromatic nitrogens is 2. The standard InChI is InChI=1S/C9H12N4O/c10-6-9(2-3-9)7(14)13-8-11-4-1-5-12-8/h1,4-5H,2-3,6,10H2,(H,11,12,13,14). The first-order chi connectivity index (χ1) is 6.77. The van der Waals surface area contributed by atoms with Crippen LogP contribution >= 0.6 is 0 Å². The maximum atomic E-state index is 11.7. The zero-order valence-electron chi connectivity index (χ0n) is 7.73. The molecule has 1 amide bonds. The van der Waals surface area contributed by atoms with Crippen LogP contribution in [0.15, 0.2) is 18.5 Å². The van der Waals surface area contributed by atoms with Gasteiger partial charge in [-0.15, -0.1) is 0 Å². The van der Waals surface area contributed by atoms with Gasteiger partial charge in [0.15, 0.2) is 0 Å². The van der Waals surface area contributed by atoms with Gasteiger partial charge >= 0.3 is 0 Å². The van der Waals surface area contributed by atoms with E-state index in [0.717, 1.165) is 12.8 Å². The van der Waals surface area contributed by atoms with Crippen LogP contribution in [-0.2, 0) is 4.79 Å². The molecular formula is C9H12N4O. The van der Waals surface area contributed by atoms with Crippen LogP contribution in [0.25, 0.3) is 0 Å². The lowest BCUT2D eigenvalue weighted by molar-refractivity contribution is -0.120. The van der Waals surface area contributed by atoms with Gasteiger partial charge < -0.3 is 5.73 Å². The highest BCUT2D eigenvalue weighted by molar-refractivity contribution is 5.96. The molecule has 5 nitrogen and oxygen atoms in total. The number of carbonyl (C=O) groups is 1. The van der Waals surface area contributed by atoms with Crippen LogP contribution < -0.4 is 11.1 Å². The lowest BCUT2D eigenvalue weighted by Gasteiger charge is -2.10. The predicted octanol–water partition coefficient (Wildman–Crippen LogP) is 0.154. The normalized spacial score (nSPS) is 17.5. The average Bonchev–Trinajstić information content (AvgIpc) is 3.00. The molecule has 1 aromatic heterocycles. The quantitative estimate of drug-likeness (QED) is 0.714. The maximum absolute atomic E-state index is 11.7. The highest BCUT2D eigenvalue weighted by Gasteiger charge is 2.48. The minimum atomic E-state index is -0.348. The van der Waals surface area contributed by atoms with Crippen molar-refractivity contribution < 1.29 is 4.79 Å². The summed E-state index contributed by atoms with van der Waals surface area (Å²) >= 11 is 0. The molecule has 0 aromatic carbocycles. The Labute approximate surface area is 81.7 Å². The maximum Gasteiger partial charge on any atom is 0.234 e. The molecule has 5 heteroatoms. The number of hydrogen-bond donors (Lipinski definition) is 2. The Kier molecular flexibility index (Phi) is 2.17. The molecule has 14 heavy (non-hydrogen) atoms. The van der Waals surface area contributed by atoms with Crippen LogP contribution in [0.2, 0.25) is 0 Å². The topological polar surface area (TPSA) is 80.9 Å². The molecule has 1 aliphatic rings. The van der Waals surface area contributed by atoms with Crippen molar-refractivity contribution in [1.82, 2.24) is 9.97 Å². The second kappa shape index (κ2) is 3.34. The first kappa shape index (κ1) is 9.08. The molecule has 74 valence electrons. The molecule has 1 aromatic rings. The zero-order valence-corrected chi connectivity index (χ0v) is 7.73. The second-order valence-corrected chi connectivity index (χ2v) is 3.51. The van der Waals surface area contributed by atoms with Crippen molar-refractivity contribution in [2.45, 2.75) is 12.8 Å². The van der Waals surface area contributed by atoms with E-state index in [1.807, 2.05) is 0 Å². The summed E-state index contributed by atoms with van der Waals surface area (Å²) in [5, 5.41) is 2.65. The van der Waals surface area contributed by atoms with Crippen molar-refractivity contribution >= 4 is 11.9 Å². The molecule has 0 unspecified atom stereocenters. The summed E-state index contributed by atoms with van der Waals surface area (Å²) in [6.07, 6.45) is 4.90. The Morgan fingerprint density at radius 2 is 2.14 bits per heavy atom. The third-order valence-electron chi connectivity index (χ3n) is 2.52. The fourth-order valence-corrected chi connectivity index (χ4v) is 1.27. The number of carbonyl (C=O) groups excluding carboxylic acids is 1. The fourth-order valence-electron chi connectivity index (χ4n) is 1.27. The average molecular weight is 192 g/mol. The van der Waals surface area contributed by atoms with Crippen molar-refractivity contribution in [3.63, 3.8) is 0 Å². The minimum absolute atomic E-state index is 0.0637. The predicted molar refractivity (Wildman–Crippen MR) is 51.4 cm³/mol. The summed E-state index contributed by atoms with van der Waals surface area (Å²) in [5.74, 6) is 0.281. The number of hydrogen-bond acceptors (Lipinski definition) is 4. The summed E-state index contributed by atoms with van der Waals surface area (Å²) in [4.78, 5) is 19.5. The van der Waals surface area contributed by atoms with Gasteiger partial charge in [-0.05, 0) is 18.9 Å². The van der Waals surface area contributed by atoms with E-state index in [4.69, 9.17) is 5.73 Å². The number of rotatable bonds is 3. The van der Waals surface area contributed by atoms with Crippen LogP contribution in [0.1, 0.15) is 12.8 Å². The fraction of sp³-hybridized carbons (Fsp3) is 0.444. The molecule has 0 bridgehead atoms. The summed E-state index contributed by atoms with van der Waals surface area (Å²) in [5.41, 5.74) is 5.17. The van der Waals surface area contributed by atoms with Gasteiger partial charge in [0.2, 0.25) is 11.9 Å². The van der Waals surface area contributed by atoms with E-state index in [-0.39, 0.29) is 11.3 Å². The number of anilines is 1. The minimum Gasteiger partial charge on any atom is -0.329 e. The Bertz CT molecular complexity index is 334. The van der Waals surface area contributed by atoms with E-state index < -0.39 is 0 Å². The SMILES string of the molecule is NCC1(C(=O)Nc2ncccn2)CC1. The van der Waals surface area contributed by atoms with E-state index in [2.05, 4.69) is 15.3 Å². The number of nitrogens with one attached hydrogen (secondary N) is 1. The Morgan fingerprint density at radius 3 is 2.64 bits per heavy atom. The zero-order chi connectivity index (χ0) is 10.0. The third kappa shape index (κ3) is 1.58. The first-order valence-electron chi connectivity index (χ1n) is 4.55. The van der Waals surface area contributed by atoms with Crippen LogP contribution in [0.5, 0.6) is 0 Å². The molecule has 0 spiro atoms. The van der Waals surface area contributed by atoms with Crippen LogP contribution in [0.4, 0.5) is 5.95 Å². The van der Waals surface area contributed by atoms with Crippen molar-refractivity contribution in [3.05, 3.63) is 18.5 Å². The number of nitrogens with zero attached hydrogens (tertiary/aromatic N) is 2. The highest BCUT2D eigenvalue weighted by atomic mass is 16.2. The van der Waals surface area contributed by atoms with Crippen LogP contribution in [-0.4, -0.2) is 22.4 Å². The lowest BCUT2D eigenvalue weighted by atomic mass is 10.1. The van der Waals surface area contributed by atoms with E-state index >= 15 is 0 Å². The van der Waals surface area contributed by atoms with E-state index in [0.29, 0.717) is 12.5 Å². The lowest BCUT2D eigenvalue weighted by Crippen LogP contribution is -2.31. The van der Waals surface area contributed by atoms with Crippen molar-refractivity contribution in [3.8, 4) is 0 Å². The molecule has 3 N–H and O–H groups in total. The molecule has 1 heterocycles. The molecule has 0 radical (unpaired) electrons. The van der Waals surface area contributed by atoms with Crippen molar-refractivity contribution in [2.24, 2.45) is 11.1 Å². The number of nitrogens with two attached hydrogens (primary N) is 1. The van der Waals surface area contributed by atoms with E-state index in [1.165, 1.54) is 0 Å². The van der Waals surface area contributed by atoms with Gasteiger partial charge in [-0.3, -0.25) is 10.1 Å². The summed E-state index contributed by atoms with van der Waals surface area (Å²) < 4.78 is 0. The number of amides is 1. The monoisotopic (exact) mass is 192 g/mol. The molecule has 1 aliphatic carbocycles. The Balaban J connectivity index is 2.02. The largest absolute Gasteiger partial charge is 0.329 e. The van der Waals surface area contributed by atoms with Gasteiger partial charge in [-0.1, -0.05) is 0 Å². The smallest absolute Gasteiger partial charge is 0.234 e. The molecule has 1 saturated carbocycles. The summed E-state index contributed by atoms with van der Waals surface area (Å²) in [6.45, 7) is 0.395. The molecule has 1 fully saturated rings. The van der Waals surface area contributed by atoms with Gasteiger partial charge in [-0.2, -0.15) is 0 Å². The summed E-state index contributed by atoms with van der Waals surface area (Å²) in [7, 11) is 0. The molecule has 0 aliphatic heterocycles. The van der Waals surface area contributed by atoms with Crippen molar-refractivity contribution in [1.29, 1.82) is 0 Å². The highest BCUT2D eigenvalue weighted by Crippen LogP contribution is 2.45. The molecule has 2 rings (SSSR count). The van der Waals surface area contributed by atoms with Gasteiger partial charge in [0, 0.05) is 18.9 Å². The van der Waals surface area contributed by atoms with Crippen LogP contribution in [0.3, 0.4) is 0 Å². The Hall–Kier alpha value is -1.49. The van der Waals surface area contributed by atoms with Crippen LogP contribution in [0, 0.1) is 5.41 Å². The molecule has 0 atom stereocenters. The van der Waals surface area contributed by atoms with Gasteiger partial charge in [0.05, 0.1) is 5.41 Å². The van der Waals surface area contributed by atoms with Crippen molar-refractivity contribution in [2.75, 3.05) is 11.9 Å². The second-order valence-electron chi connectivity index (χ2n) is 3.51. The van der Waals surface area contributed by atoms with E-state index in [9.17, 15) is 4.79 Å². The first-order valence-corrected chi connectivity index (χ1v) is 4.55. The van der Waals surface area contributed by atoms with Gasteiger partial charge in [0.25, 0.3) is 0 Å². The third-order valence-corrected chi connectivity index (χ3v) is 2.52. The summed E-state index contributed by atoms with van der Waals surface area (Å²) in [6, 6.07) is 1.70. The van der Waals surface area contributed by atoms with E-state index in [1.54, 1.807) is 18.5 Å². The van der Waals surface area contributed by atoms with Gasteiger partial charge in [-0.25, -0.2) is 9.97 Å². The van der Waals surface area contributed by atoms with Gasteiger partial charge in [0.1, 0.15) is 0 Å².